The third-order valence-electron chi connectivity index (χ3n) is 2.22. The summed E-state index contributed by atoms with van der Waals surface area (Å²) in [5.41, 5.74) is 0.856. The molecule has 0 saturated carbocycles. The molecule has 1 rings (SSSR count). The highest BCUT2D eigenvalue weighted by molar-refractivity contribution is 9.10. The van der Waals surface area contributed by atoms with Gasteiger partial charge in [-0.15, -0.1) is 4.91 Å². The van der Waals surface area contributed by atoms with E-state index in [4.69, 9.17) is 9.47 Å². The number of hydrogen-bond donors (Lipinski definition) is 0. The van der Waals surface area contributed by atoms with Crippen LogP contribution >= 0.6 is 15.9 Å². The van der Waals surface area contributed by atoms with E-state index in [1.54, 1.807) is 13.0 Å². The molecule has 6 heteroatoms. The van der Waals surface area contributed by atoms with Crippen molar-refractivity contribution in [3.63, 3.8) is 0 Å². The Morgan fingerprint density at radius 2 is 2.28 bits per heavy atom. The van der Waals surface area contributed by atoms with Gasteiger partial charge in [0.25, 0.3) is 0 Å². The van der Waals surface area contributed by atoms with Crippen molar-refractivity contribution in [2.75, 3.05) is 13.2 Å². The maximum atomic E-state index is 10.5. The van der Waals surface area contributed by atoms with Crippen LogP contribution in [0.4, 0.5) is 5.69 Å². The number of pyridine rings is 1. The highest BCUT2D eigenvalue weighted by Gasteiger charge is 2.12. The lowest BCUT2D eigenvalue weighted by Gasteiger charge is -2.15. The number of nitrogens with zero attached hydrogens (tertiary/aromatic N) is 2. The standard InChI is InChI=1S/C12H17BrN2O3/c1-4-5-17-7-8(2)18-12-10(13)6-11(15-16)9(3)14-12/h6,8H,4-5,7H2,1-3H3. The summed E-state index contributed by atoms with van der Waals surface area (Å²) in [5, 5.41) is 2.89. The average molecular weight is 317 g/mol. The number of aromatic nitrogens is 1. The lowest BCUT2D eigenvalue weighted by atomic mass is 10.3. The van der Waals surface area contributed by atoms with Gasteiger partial charge in [-0.05, 0) is 47.4 Å². The third-order valence-corrected chi connectivity index (χ3v) is 2.79. The zero-order valence-electron chi connectivity index (χ0n) is 10.8. The quantitative estimate of drug-likeness (QED) is 0.568. The Labute approximate surface area is 115 Å². The van der Waals surface area contributed by atoms with Gasteiger partial charge in [-0.2, -0.15) is 0 Å². The molecule has 0 aromatic carbocycles. The van der Waals surface area contributed by atoms with Crippen LogP contribution < -0.4 is 4.74 Å². The Bertz CT molecular complexity index is 413. The largest absolute Gasteiger partial charge is 0.471 e. The van der Waals surface area contributed by atoms with Gasteiger partial charge in [0.15, 0.2) is 0 Å². The maximum absolute atomic E-state index is 10.5. The maximum Gasteiger partial charge on any atom is 0.228 e. The molecule has 0 amide bonds. The molecule has 0 fully saturated rings. The molecule has 0 bridgehead atoms. The molecule has 1 aromatic rings. The molecular formula is C12H17BrN2O3. The van der Waals surface area contributed by atoms with Crippen LogP contribution in [0.1, 0.15) is 26.0 Å². The Balaban J connectivity index is 2.66. The van der Waals surface area contributed by atoms with Gasteiger partial charge in [-0.1, -0.05) is 6.92 Å². The molecule has 0 aliphatic heterocycles. The van der Waals surface area contributed by atoms with E-state index in [1.807, 2.05) is 6.92 Å². The molecule has 1 atom stereocenters. The van der Waals surface area contributed by atoms with E-state index in [0.717, 1.165) is 13.0 Å². The van der Waals surface area contributed by atoms with E-state index in [2.05, 4.69) is 33.0 Å². The fourth-order valence-corrected chi connectivity index (χ4v) is 1.74. The summed E-state index contributed by atoms with van der Waals surface area (Å²) >= 11 is 3.31. The van der Waals surface area contributed by atoms with Gasteiger partial charge in [-0.25, -0.2) is 4.98 Å². The molecule has 0 aliphatic carbocycles. The van der Waals surface area contributed by atoms with E-state index in [-0.39, 0.29) is 6.10 Å². The van der Waals surface area contributed by atoms with Gasteiger partial charge in [-0.3, -0.25) is 0 Å². The van der Waals surface area contributed by atoms with Crippen LogP contribution in [0.5, 0.6) is 5.88 Å². The van der Waals surface area contributed by atoms with Crippen molar-refractivity contribution in [2.24, 2.45) is 5.18 Å². The monoisotopic (exact) mass is 316 g/mol. The number of hydrogen-bond acceptors (Lipinski definition) is 5. The molecule has 5 nitrogen and oxygen atoms in total. The number of nitroso groups, excluding NO2 is 1. The van der Waals surface area contributed by atoms with Crippen LogP contribution in [0.2, 0.25) is 0 Å². The zero-order valence-corrected chi connectivity index (χ0v) is 12.4. The summed E-state index contributed by atoms with van der Waals surface area (Å²) in [4.78, 5) is 14.7. The average Bonchev–Trinajstić information content (AvgIpc) is 2.33. The predicted molar refractivity (Wildman–Crippen MR) is 73.3 cm³/mol. The van der Waals surface area contributed by atoms with Crippen LogP contribution in [0.3, 0.4) is 0 Å². The van der Waals surface area contributed by atoms with Gasteiger partial charge in [0.1, 0.15) is 11.8 Å². The van der Waals surface area contributed by atoms with Crippen LogP contribution in [0.25, 0.3) is 0 Å². The minimum absolute atomic E-state index is 0.102. The van der Waals surface area contributed by atoms with Crippen molar-refractivity contribution in [2.45, 2.75) is 33.3 Å². The lowest BCUT2D eigenvalue weighted by molar-refractivity contribution is 0.0563. The smallest absolute Gasteiger partial charge is 0.228 e. The van der Waals surface area contributed by atoms with Crippen molar-refractivity contribution in [3.05, 3.63) is 21.1 Å². The molecule has 100 valence electrons. The number of rotatable bonds is 7. The number of aryl methyl sites for hydroxylation is 1. The van der Waals surface area contributed by atoms with E-state index in [9.17, 15) is 4.91 Å². The summed E-state index contributed by atoms with van der Waals surface area (Å²) in [6.07, 6.45) is 0.878. The second-order valence-corrected chi connectivity index (χ2v) is 4.83. The van der Waals surface area contributed by atoms with Crippen LogP contribution in [0, 0.1) is 11.8 Å². The van der Waals surface area contributed by atoms with Crippen molar-refractivity contribution >= 4 is 21.6 Å². The van der Waals surface area contributed by atoms with E-state index in [1.165, 1.54) is 0 Å². The van der Waals surface area contributed by atoms with Gasteiger partial charge in [0, 0.05) is 6.61 Å². The van der Waals surface area contributed by atoms with E-state index >= 15 is 0 Å². The minimum Gasteiger partial charge on any atom is -0.471 e. The Hall–Kier alpha value is -1.01. The molecular weight excluding hydrogens is 300 g/mol. The van der Waals surface area contributed by atoms with Gasteiger partial charge in [0.2, 0.25) is 5.88 Å². The molecule has 1 aromatic heterocycles. The summed E-state index contributed by atoms with van der Waals surface area (Å²) in [7, 11) is 0. The molecule has 0 saturated heterocycles. The molecule has 0 radical (unpaired) electrons. The topological polar surface area (TPSA) is 60.8 Å². The van der Waals surface area contributed by atoms with Crippen molar-refractivity contribution in [1.82, 2.24) is 4.98 Å². The predicted octanol–water partition coefficient (Wildman–Crippen LogP) is 3.74. The Morgan fingerprint density at radius 1 is 1.56 bits per heavy atom. The Kier molecular flexibility index (Phi) is 6.21. The molecule has 1 heterocycles. The van der Waals surface area contributed by atoms with E-state index in [0.29, 0.717) is 28.3 Å². The summed E-state index contributed by atoms with van der Waals surface area (Å²) in [6.45, 7) is 6.90. The number of halogens is 1. The first-order valence-corrected chi connectivity index (χ1v) is 6.62. The summed E-state index contributed by atoms with van der Waals surface area (Å²) in [5.74, 6) is 0.451. The SMILES string of the molecule is CCCOCC(C)Oc1nc(C)c(N=O)cc1Br. The first-order chi connectivity index (χ1) is 8.58. The van der Waals surface area contributed by atoms with Crippen LogP contribution in [0.15, 0.2) is 15.7 Å². The van der Waals surface area contributed by atoms with Gasteiger partial charge < -0.3 is 9.47 Å². The minimum atomic E-state index is -0.102. The highest BCUT2D eigenvalue weighted by atomic mass is 79.9. The van der Waals surface area contributed by atoms with Crippen molar-refractivity contribution in [1.29, 1.82) is 0 Å². The molecule has 0 aliphatic rings. The second kappa shape index (κ2) is 7.43. The van der Waals surface area contributed by atoms with Crippen LogP contribution in [-0.4, -0.2) is 24.3 Å². The molecule has 18 heavy (non-hydrogen) atoms. The fraction of sp³-hybridized carbons (Fsp3) is 0.583. The van der Waals surface area contributed by atoms with E-state index < -0.39 is 0 Å². The summed E-state index contributed by atoms with van der Waals surface area (Å²) in [6, 6.07) is 1.60. The molecule has 0 N–H and O–H groups in total. The highest BCUT2D eigenvalue weighted by Crippen LogP contribution is 2.30. The van der Waals surface area contributed by atoms with Gasteiger partial charge >= 0.3 is 0 Å². The lowest BCUT2D eigenvalue weighted by Crippen LogP contribution is -2.20. The third kappa shape index (κ3) is 4.34. The normalized spacial score (nSPS) is 12.2. The fourth-order valence-electron chi connectivity index (χ4n) is 1.34. The van der Waals surface area contributed by atoms with Crippen LogP contribution in [-0.2, 0) is 4.74 Å². The first kappa shape index (κ1) is 15.0. The van der Waals surface area contributed by atoms with Gasteiger partial charge in [0.05, 0.1) is 16.8 Å². The van der Waals surface area contributed by atoms with Crippen molar-refractivity contribution in [3.8, 4) is 5.88 Å². The second-order valence-electron chi connectivity index (χ2n) is 3.97. The Morgan fingerprint density at radius 3 is 2.89 bits per heavy atom. The zero-order chi connectivity index (χ0) is 13.5. The molecule has 1 unspecified atom stereocenters. The first-order valence-electron chi connectivity index (χ1n) is 5.83. The number of ether oxygens (including phenoxy) is 2. The molecule has 0 spiro atoms. The van der Waals surface area contributed by atoms with Crippen molar-refractivity contribution < 1.29 is 9.47 Å². The summed E-state index contributed by atoms with van der Waals surface area (Å²) < 4.78 is 11.7.